The van der Waals surface area contributed by atoms with Crippen molar-refractivity contribution in [2.24, 2.45) is 5.73 Å². The molecule has 0 saturated heterocycles. The summed E-state index contributed by atoms with van der Waals surface area (Å²) >= 11 is 3.11. The molecule has 1 nitrogen and oxygen atoms in total. The quantitative estimate of drug-likeness (QED) is 0.812. The van der Waals surface area contributed by atoms with Gasteiger partial charge in [-0.1, -0.05) is 18.2 Å². The molecular weight excluding hydrogens is 233 g/mol. The third kappa shape index (κ3) is 2.39. The van der Waals surface area contributed by atoms with Gasteiger partial charge in [-0.25, -0.2) is 4.39 Å². The zero-order valence-electron chi connectivity index (χ0n) is 7.13. The third-order valence-corrected chi connectivity index (χ3v) is 2.41. The maximum Gasteiger partial charge on any atom is 0.142 e. The Kier molecular flexibility index (Phi) is 3.63. The highest BCUT2D eigenvalue weighted by molar-refractivity contribution is 9.10. The van der Waals surface area contributed by atoms with Gasteiger partial charge in [-0.05, 0) is 28.4 Å². The fourth-order valence-corrected chi connectivity index (χ4v) is 1.49. The van der Waals surface area contributed by atoms with Gasteiger partial charge < -0.3 is 5.73 Å². The lowest BCUT2D eigenvalue weighted by molar-refractivity contribution is 0.578. The molecule has 1 aromatic rings. The van der Waals surface area contributed by atoms with Gasteiger partial charge in [0.05, 0.1) is 4.47 Å². The molecule has 0 bridgehead atoms. The number of hydrogen-bond acceptors (Lipinski definition) is 1. The predicted octanol–water partition coefficient (Wildman–Crippen LogP) is 3.16. The molecule has 0 heterocycles. The van der Waals surface area contributed by atoms with E-state index in [9.17, 15) is 4.39 Å². The normalized spacial score (nSPS) is 12.5. The van der Waals surface area contributed by atoms with E-state index in [1.807, 2.05) is 0 Å². The van der Waals surface area contributed by atoms with Crippen LogP contribution in [-0.4, -0.2) is 0 Å². The second-order valence-electron chi connectivity index (χ2n) is 2.77. The van der Waals surface area contributed by atoms with E-state index in [-0.39, 0.29) is 11.9 Å². The molecule has 0 aliphatic carbocycles. The molecule has 3 heteroatoms. The van der Waals surface area contributed by atoms with Crippen LogP contribution in [0.5, 0.6) is 0 Å². The van der Waals surface area contributed by atoms with Crippen LogP contribution in [0.1, 0.15) is 18.0 Å². The number of benzene rings is 1. The number of hydrogen-bond donors (Lipinski definition) is 1. The van der Waals surface area contributed by atoms with Gasteiger partial charge in [-0.15, -0.1) is 6.58 Å². The Morgan fingerprint density at radius 2 is 2.31 bits per heavy atom. The van der Waals surface area contributed by atoms with Crippen LogP contribution in [0.2, 0.25) is 0 Å². The van der Waals surface area contributed by atoms with E-state index in [2.05, 4.69) is 22.5 Å². The fraction of sp³-hybridized carbons (Fsp3) is 0.200. The molecule has 0 fully saturated rings. The standard InChI is InChI=1S/C10H11BrFN/c1-2-4-9(13)7-5-3-6-8(11)10(7)12/h2-3,5-6,9H,1,4,13H2/t9-/m1/s1. The lowest BCUT2D eigenvalue weighted by atomic mass is 10.0. The van der Waals surface area contributed by atoms with Crippen molar-refractivity contribution in [1.82, 2.24) is 0 Å². The zero-order chi connectivity index (χ0) is 9.84. The van der Waals surface area contributed by atoms with Gasteiger partial charge in [0.15, 0.2) is 0 Å². The molecule has 0 amide bonds. The largest absolute Gasteiger partial charge is 0.324 e. The van der Waals surface area contributed by atoms with Crippen LogP contribution >= 0.6 is 15.9 Å². The monoisotopic (exact) mass is 243 g/mol. The van der Waals surface area contributed by atoms with Crippen molar-refractivity contribution in [3.63, 3.8) is 0 Å². The van der Waals surface area contributed by atoms with Crippen LogP contribution in [0.25, 0.3) is 0 Å². The maximum absolute atomic E-state index is 13.4. The molecule has 0 aromatic heterocycles. The number of nitrogens with two attached hydrogens (primary N) is 1. The van der Waals surface area contributed by atoms with E-state index in [1.165, 1.54) is 0 Å². The molecule has 0 radical (unpaired) electrons. The van der Waals surface area contributed by atoms with Gasteiger partial charge in [0, 0.05) is 11.6 Å². The first-order valence-corrected chi connectivity index (χ1v) is 4.76. The zero-order valence-corrected chi connectivity index (χ0v) is 8.72. The summed E-state index contributed by atoms with van der Waals surface area (Å²) in [6.07, 6.45) is 2.26. The average Bonchev–Trinajstić information content (AvgIpc) is 2.10. The summed E-state index contributed by atoms with van der Waals surface area (Å²) in [5.74, 6) is -0.281. The van der Waals surface area contributed by atoms with E-state index < -0.39 is 0 Å². The minimum absolute atomic E-state index is 0.281. The van der Waals surface area contributed by atoms with E-state index in [1.54, 1.807) is 24.3 Å². The Morgan fingerprint density at radius 3 is 2.92 bits per heavy atom. The molecule has 13 heavy (non-hydrogen) atoms. The van der Waals surface area contributed by atoms with Crippen molar-refractivity contribution < 1.29 is 4.39 Å². The number of rotatable bonds is 3. The predicted molar refractivity (Wildman–Crippen MR) is 55.8 cm³/mol. The second-order valence-corrected chi connectivity index (χ2v) is 3.63. The van der Waals surface area contributed by atoms with Crippen LogP contribution in [0.4, 0.5) is 4.39 Å². The number of halogens is 2. The molecule has 0 aliphatic rings. The topological polar surface area (TPSA) is 26.0 Å². The van der Waals surface area contributed by atoms with Crippen LogP contribution < -0.4 is 5.73 Å². The van der Waals surface area contributed by atoms with Crippen molar-refractivity contribution in [3.8, 4) is 0 Å². The lowest BCUT2D eigenvalue weighted by Gasteiger charge is -2.10. The molecule has 70 valence electrons. The van der Waals surface area contributed by atoms with Crippen molar-refractivity contribution >= 4 is 15.9 Å². The summed E-state index contributed by atoms with van der Waals surface area (Å²) in [4.78, 5) is 0. The average molecular weight is 244 g/mol. The lowest BCUT2D eigenvalue weighted by Crippen LogP contribution is -2.11. The SMILES string of the molecule is C=CC[C@@H](N)c1cccc(Br)c1F. The minimum atomic E-state index is -0.310. The highest BCUT2D eigenvalue weighted by Crippen LogP contribution is 2.24. The van der Waals surface area contributed by atoms with Gasteiger partial charge in [0.2, 0.25) is 0 Å². The van der Waals surface area contributed by atoms with Crippen LogP contribution in [0.3, 0.4) is 0 Å². The molecule has 0 unspecified atom stereocenters. The summed E-state index contributed by atoms with van der Waals surface area (Å²) < 4.78 is 13.9. The summed E-state index contributed by atoms with van der Waals surface area (Å²) in [6.45, 7) is 3.56. The van der Waals surface area contributed by atoms with Crippen LogP contribution in [0, 0.1) is 5.82 Å². The molecule has 1 atom stereocenters. The minimum Gasteiger partial charge on any atom is -0.324 e. The van der Waals surface area contributed by atoms with Gasteiger partial charge >= 0.3 is 0 Å². The highest BCUT2D eigenvalue weighted by Gasteiger charge is 2.11. The van der Waals surface area contributed by atoms with E-state index in [4.69, 9.17) is 5.73 Å². The van der Waals surface area contributed by atoms with Crippen LogP contribution in [0.15, 0.2) is 35.3 Å². The van der Waals surface area contributed by atoms with Gasteiger partial charge in [-0.3, -0.25) is 0 Å². The summed E-state index contributed by atoms with van der Waals surface area (Å²) in [5.41, 5.74) is 6.27. The van der Waals surface area contributed by atoms with E-state index in [0.29, 0.717) is 16.5 Å². The maximum atomic E-state index is 13.4. The smallest absolute Gasteiger partial charge is 0.142 e. The molecule has 0 saturated carbocycles. The van der Waals surface area contributed by atoms with Gasteiger partial charge in [0.25, 0.3) is 0 Å². The summed E-state index contributed by atoms with van der Waals surface area (Å²) in [5, 5.41) is 0. The Bertz CT molecular complexity index is 312. The van der Waals surface area contributed by atoms with Crippen molar-refractivity contribution in [2.45, 2.75) is 12.5 Å². The molecule has 1 rings (SSSR count). The van der Waals surface area contributed by atoms with Crippen LogP contribution in [-0.2, 0) is 0 Å². The van der Waals surface area contributed by atoms with E-state index in [0.717, 1.165) is 0 Å². The Morgan fingerprint density at radius 1 is 1.62 bits per heavy atom. The molecule has 1 aromatic carbocycles. The van der Waals surface area contributed by atoms with Gasteiger partial charge in [0.1, 0.15) is 5.82 Å². The summed E-state index contributed by atoms with van der Waals surface area (Å²) in [6, 6.07) is 4.80. The first-order chi connectivity index (χ1) is 6.16. The highest BCUT2D eigenvalue weighted by atomic mass is 79.9. The van der Waals surface area contributed by atoms with Crippen molar-refractivity contribution in [3.05, 3.63) is 46.7 Å². The van der Waals surface area contributed by atoms with Gasteiger partial charge in [-0.2, -0.15) is 0 Å². The Balaban J connectivity index is 3.00. The molecule has 0 aliphatic heterocycles. The Labute approximate surface area is 85.6 Å². The molecule has 2 N–H and O–H groups in total. The molecule has 0 spiro atoms. The Hall–Kier alpha value is -0.670. The van der Waals surface area contributed by atoms with Crippen molar-refractivity contribution in [2.75, 3.05) is 0 Å². The third-order valence-electron chi connectivity index (χ3n) is 1.80. The first kappa shape index (κ1) is 10.4. The first-order valence-electron chi connectivity index (χ1n) is 3.97. The molecular formula is C10H11BrFN. The van der Waals surface area contributed by atoms with E-state index >= 15 is 0 Å². The van der Waals surface area contributed by atoms with Crippen molar-refractivity contribution in [1.29, 1.82) is 0 Å². The fourth-order valence-electron chi connectivity index (χ4n) is 1.11. The summed E-state index contributed by atoms with van der Waals surface area (Å²) in [7, 11) is 0. The second kappa shape index (κ2) is 4.53.